The van der Waals surface area contributed by atoms with Gasteiger partial charge in [-0.15, -0.1) is 0 Å². The number of aryl methyl sites for hydroxylation is 2. The highest BCUT2D eigenvalue weighted by Crippen LogP contribution is 2.22. The predicted octanol–water partition coefficient (Wildman–Crippen LogP) is 2.77. The summed E-state index contributed by atoms with van der Waals surface area (Å²) in [5, 5.41) is 2.98. The second-order valence-electron chi connectivity index (χ2n) is 7.40. The van der Waals surface area contributed by atoms with Crippen LogP contribution >= 0.6 is 0 Å². The molecule has 1 heterocycles. The first kappa shape index (κ1) is 21.5. The zero-order valence-corrected chi connectivity index (χ0v) is 17.7. The molecule has 1 atom stereocenters. The maximum Gasteiger partial charge on any atom is 0.251 e. The van der Waals surface area contributed by atoms with Crippen LogP contribution < -0.4 is 5.32 Å². The van der Waals surface area contributed by atoms with E-state index in [1.807, 2.05) is 25.1 Å². The van der Waals surface area contributed by atoms with Crippen LogP contribution in [0.15, 0.2) is 53.4 Å². The van der Waals surface area contributed by atoms with E-state index in [2.05, 4.69) is 17.4 Å². The van der Waals surface area contributed by atoms with Crippen LogP contribution in [0.1, 0.15) is 34.8 Å². The van der Waals surface area contributed by atoms with E-state index in [-0.39, 0.29) is 16.8 Å². The fourth-order valence-electron chi connectivity index (χ4n) is 3.35. The van der Waals surface area contributed by atoms with Gasteiger partial charge in [0.2, 0.25) is 10.0 Å². The van der Waals surface area contributed by atoms with Crippen LogP contribution in [0, 0.1) is 6.92 Å². The van der Waals surface area contributed by atoms with Crippen LogP contribution in [-0.2, 0) is 21.2 Å². The van der Waals surface area contributed by atoms with Gasteiger partial charge in [-0.05, 0) is 49.9 Å². The van der Waals surface area contributed by atoms with Gasteiger partial charge in [-0.3, -0.25) is 4.79 Å². The SMILES string of the molecule is Cc1ccc(C(=O)N[C@H](C)CCc2ccccc2)cc1S(=O)(=O)N1CCOCC1. The van der Waals surface area contributed by atoms with E-state index < -0.39 is 10.0 Å². The first-order valence-corrected chi connectivity index (χ1v) is 11.4. The van der Waals surface area contributed by atoms with E-state index in [4.69, 9.17) is 4.74 Å². The van der Waals surface area contributed by atoms with Gasteiger partial charge >= 0.3 is 0 Å². The number of nitrogens with one attached hydrogen (secondary N) is 1. The maximum atomic E-state index is 13.0. The zero-order chi connectivity index (χ0) is 20.9. The Balaban J connectivity index is 1.68. The molecule has 1 aliphatic rings. The molecule has 1 fully saturated rings. The van der Waals surface area contributed by atoms with Gasteiger partial charge in [0.25, 0.3) is 5.91 Å². The van der Waals surface area contributed by atoms with Crippen molar-refractivity contribution in [2.24, 2.45) is 0 Å². The smallest absolute Gasteiger partial charge is 0.251 e. The number of nitrogens with zero attached hydrogens (tertiary/aromatic N) is 1. The highest BCUT2D eigenvalue weighted by atomic mass is 32.2. The summed E-state index contributed by atoms with van der Waals surface area (Å²) in [6, 6.07) is 14.9. The lowest BCUT2D eigenvalue weighted by Gasteiger charge is -2.26. The van der Waals surface area contributed by atoms with Crippen molar-refractivity contribution >= 4 is 15.9 Å². The number of sulfonamides is 1. The van der Waals surface area contributed by atoms with Crippen molar-refractivity contribution in [1.82, 2.24) is 9.62 Å². The monoisotopic (exact) mass is 416 g/mol. The van der Waals surface area contributed by atoms with Crippen LogP contribution in [0.2, 0.25) is 0 Å². The molecule has 1 aliphatic heterocycles. The Morgan fingerprint density at radius 3 is 2.52 bits per heavy atom. The van der Waals surface area contributed by atoms with Gasteiger partial charge in [0.05, 0.1) is 18.1 Å². The van der Waals surface area contributed by atoms with Gasteiger partial charge in [-0.2, -0.15) is 4.31 Å². The molecule has 6 nitrogen and oxygen atoms in total. The van der Waals surface area contributed by atoms with Crippen molar-refractivity contribution in [2.75, 3.05) is 26.3 Å². The Morgan fingerprint density at radius 2 is 1.83 bits per heavy atom. The lowest BCUT2D eigenvalue weighted by molar-refractivity contribution is 0.0730. The number of amides is 1. The Labute approximate surface area is 172 Å². The molecule has 7 heteroatoms. The number of benzene rings is 2. The minimum atomic E-state index is -3.65. The Morgan fingerprint density at radius 1 is 1.14 bits per heavy atom. The molecule has 29 heavy (non-hydrogen) atoms. The quantitative estimate of drug-likeness (QED) is 0.753. The summed E-state index contributed by atoms with van der Waals surface area (Å²) in [6.07, 6.45) is 1.67. The molecule has 1 saturated heterocycles. The fourth-order valence-corrected chi connectivity index (χ4v) is 5.01. The van der Waals surface area contributed by atoms with Crippen LogP contribution in [0.25, 0.3) is 0 Å². The van der Waals surface area contributed by atoms with E-state index in [1.54, 1.807) is 19.1 Å². The number of morpholine rings is 1. The highest BCUT2D eigenvalue weighted by molar-refractivity contribution is 7.89. The van der Waals surface area contributed by atoms with Crippen LogP contribution in [0.5, 0.6) is 0 Å². The Hall–Kier alpha value is -2.22. The summed E-state index contributed by atoms with van der Waals surface area (Å²) < 4.78 is 32.7. The van der Waals surface area contributed by atoms with Crippen LogP contribution in [-0.4, -0.2) is 51.0 Å². The number of hydrogen-bond donors (Lipinski definition) is 1. The molecule has 0 bridgehead atoms. The molecule has 1 N–H and O–H groups in total. The summed E-state index contributed by atoms with van der Waals surface area (Å²) in [6.45, 7) is 5.14. The largest absolute Gasteiger partial charge is 0.379 e. The van der Waals surface area contributed by atoms with Crippen molar-refractivity contribution in [3.05, 3.63) is 65.2 Å². The van der Waals surface area contributed by atoms with E-state index in [0.29, 0.717) is 37.4 Å². The van der Waals surface area contributed by atoms with Crippen molar-refractivity contribution < 1.29 is 17.9 Å². The normalized spacial score (nSPS) is 16.3. The number of ether oxygens (including phenoxy) is 1. The first-order chi connectivity index (χ1) is 13.9. The molecule has 0 aliphatic carbocycles. The van der Waals surface area contributed by atoms with Crippen molar-refractivity contribution in [3.63, 3.8) is 0 Å². The fraction of sp³-hybridized carbons (Fsp3) is 0.409. The molecular formula is C22H28N2O4S. The molecule has 3 rings (SSSR count). The molecule has 0 aromatic heterocycles. The third-order valence-corrected chi connectivity index (χ3v) is 7.17. The standard InChI is InChI=1S/C22H28N2O4S/c1-17-8-11-20(16-21(17)29(26,27)24-12-14-28-15-13-24)22(25)23-18(2)9-10-19-6-4-3-5-7-19/h3-8,11,16,18H,9-10,12-15H2,1-2H3,(H,23,25)/t18-/m1/s1. The number of hydrogen-bond acceptors (Lipinski definition) is 4. The van der Waals surface area contributed by atoms with Gasteiger partial charge < -0.3 is 10.1 Å². The van der Waals surface area contributed by atoms with E-state index in [0.717, 1.165) is 12.8 Å². The van der Waals surface area contributed by atoms with Crippen molar-refractivity contribution in [1.29, 1.82) is 0 Å². The Bertz CT molecular complexity index is 939. The van der Waals surface area contributed by atoms with E-state index in [1.165, 1.54) is 15.9 Å². The van der Waals surface area contributed by atoms with Gasteiger partial charge in [0.15, 0.2) is 0 Å². The first-order valence-electron chi connectivity index (χ1n) is 9.91. The van der Waals surface area contributed by atoms with Crippen LogP contribution in [0.3, 0.4) is 0 Å². The third-order valence-electron chi connectivity index (χ3n) is 5.12. The molecule has 0 radical (unpaired) electrons. The zero-order valence-electron chi connectivity index (χ0n) is 16.9. The molecule has 0 saturated carbocycles. The van der Waals surface area contributed by atoms with Gasteiger partial charge in [0.1, 0.15) is 0 Å². The molecule has 0 unspecified atom stereocenters. The second kappa shape index (κ2) is 9.52. The highest BCUT2D eigenvalue weighted by Gasteiger charge is 2.28. The topological polar surface area (TPSA) is 75.7 Å². The number of carbonyl (C=O) groups excluding carboxylic acids is 1. The Kier molecular flexibility index (Phi) is 7.05. The van der Waals surface area contributed by atoms with Gasteiger partial charge in [-0.25, -0.2) is 8.42 Å². The average Bonchev–Trinajstić information content (AvgIpc) is 2.73. The molecule has 2 aromatic rings. The molecular weight excluding hydrogens is 388 g/mol. The van der Waals surface area contributed by atoms with Crippen molar-refractivity contribution in [3.8, 4) is 0 Å². The van der Waals surface area contributed by atoms with Gasteiger partial charge in [0, 0.05) is 24.7 Å². The summed E-state index contributed by atoms with van der Waals surface area (Å²) >= 11 is 0. The number of carbonyl (C=O) groups is 1. The average molecular weight is 417 g/mol. The van der Waals surface area contributed by atoms with E-state index in [9.17, 15) is 13.2 Å². The molecule has 2 aromatic carbocycles. The summed E-state index contributed by atoms with van der Waals surface area (Å²) in [5.74, 6) is -0.260. The molecule has 1 amide bonds. The minimum Gasteiger partial charge on any atom is -0.379 e. The van der Waals surface area contributed by atoms with Crippen molar-refractivity contribution in [2.45, 2.75) is 37.6 Å². The lowest BCUT2D eigenvalue weighted by Crippen LogP contribution is -2.41. The summed E-state index contributed by atoms with van der Waals surface area (Å²) in [4.78, 5) is 12.9. The maximum absolute atomic E-state index is 13.0. The number of rotatable bonds is 7. The minimum absolute atomic E-state index is 0.0247. The summed E-state index contributed by atoms with van der Waals surface area (Å²) in [5.41, 5.74) is 2.21. The van der Waals surface area contributed by atoms with Gasteiger partial charge in [-0.1, -0.05) is 36.4 Å². The third kappa shape index (κ3) is 5.44. The molecule has 156 valence electrons. The van der Waals surface area contributed by atoms with E-state index >= 15 is 0 Å². The summed E-state index contributed by atoms with van der Waals surface area (Å²) in [7, 11) is -3.65. The predicted molar refractivity (Wildman–Crippen MR) is 112 cm³/mol. The lowest BCUT2D eigenvalue weighted by atomic mass is 10.1. The van der Waals surface area contributed by atoms with Crippen LogP contribution in [0.4, 0.5) is 0 Å². The molecule has 0 spiro atoms. The second-order valence-corrected chi connectivity index (χ2v) is 9.30.